The van der Waals surface area contributed by atoms with Crippen LogP contribution in [0.5, 0.6) is 0 Å². The zero-order valence-electron chi connectivity index (χ0n) is 17.9. The first-order valence-electron chi connectivity index (χ1n) is 11.6. The fourth-order valence-corrected chi connectivity index (χ4v) is 5.67. The van der Waals surface area contributed by atoms with Gasteiger partial charge in [-0.3, -0.25) is 0 Å². The maximum absolute atomic E-state index is 14.6. The Morgan fingerprint density at radius 3 is 2.04 bits per heavy atom. The van der Waals surface area contributed by atoms with Crippen molar-refractivity contribution in [1.29, 1.82) is 0 Å². The second kappa shape index (κ2) is 10.2. The summed E-state index contributed by atoms with van der Waals surface area (Å²) in [7, 11) is 0. The molecule has 0 aromatic heterocycles. The predicted octanol–water partition coefficient (Wildman–Crippen LogP) is 5.24. The van der Waals surface area contributed by atoms with Crippen molar-refractivity contribution in [1.82, 2.24) is 0 Å². The van der Waals surface area contributed by atoms with Crippen molar-refractivity contribution in [2.45, 2.75) is 115 Å². The molecule has 0 aromatic rings. The van der Waals surface area contributed by atoms with Crippen LogP contribution < -0.4 is 0 Å². The third kappa shape index (κ3) is 5.66. The van der Waals surface area contributed by atoms with Crippen LogP contribution in [0.2, 0.25) is 0 Å². The minimum atomic E-state index is -1.60. The molecule has 3 aliphatic rings. The second-order valence-corrected chi connectivity index (χ2v) is 9.97. The number of rotatable bonds is 6. The first kappa shape index (κ1) is 22.4. The number of hydrogen-bond donors (Lipinski definition) is 1. The van der Waals surface area contributed by atoms with Gasteiger partial charge in [0.25, 0.3) is 0 Å². The molecule has 3 saturated carbocycles. The minimum Gasteiger partial charge on any atom is -0.393 e. The summed E-state index contributed by atoms with van der Waals surface area (Å²) in [4.78, 5) is 0. The Balaban J connectivity index is 1.40. The van der Waals surface area contributed by atoms with Crippen LogP contribution in [0.3, 0.4) is 0 Å². The van der Waals surface area contributed by atoms with Gasteiger partial charge in [0.1, 0.15) is 0 Å². The average molecular weight is 403 g/mol. The monoisotopic (exact) mass is 402 g/mol. The van der Waals surface area contributed by atoms with Crippen LogP contribution in [-0.4, -0.2) is 48.5 Å². The van der Waals surface area contributed by atoms with Crippen molar-refractivity contribution >= 4 is 0 Å². The first-order valence-corrected chi connectivity index (χ1v) is 11.6. The molecule has 5 atom stereocenters. The van der Waals surface area contributed by atoms with E-state index in [1.54, 1.807) is 0 Å². The van der Waals surface area contributed by atoms with Crippen LogP contribution in [0.25, 0.3) is 0 Å². The van der Waals surface area contributed by atoms with Gasteiger partial charge >= 0.3 is 0 Å². The molecule has 3 fully saturated rings. The molecular formula is C23H40F2O3. The quantitative estimate of drug-likeness (QED) is 0.660. The standard InChI is InChI=1S/C23H40F2O3/c1-14(2)28-23-15(3)12-20(21(24)22(23)25)27-13-16-4-6-17(7-5-16)18-8-10-19(26)11-9-18/h14-23,26H,4-13H2,1-3H3. The van der Waals surface area contributed by atoms with Gasteiger partial charge in [0, 0.05) is 6.61 Å². The number of aliphatic hydroxyl groups is 1. The normalized spacial score (nSPS) is 45.3. The highest BCUT2D eigenvalue weighted by Gasteiger charge is 2.46. The first-order chi connectivity index (χ1) is 13.3. The Morgan fingerprint density at radius 2 is 1.46 bits per heavy atom. The van der Waals surface area contributed by atoms with Crippen molar-refractivity contribution in [3.63, 3.8) is 0 Å². The Morgan fingerprint density at radius 1 is 0.893 bits per heavy atom. The zero-order chi connectivity index (χ0) is 20.3. The molecule has 0 aliphatic heterocycles. The SMILES string of the molecule is CC(C)OC1C(C)CC(OCC2CCC(C3CCC(O)CC3)CC2)C(F)C1F. The van der Waals surface area contributed by atoms with Crippen LogP contribution >= 0.6 is 0 Å². The average Bonchev–Trinajstić information content (AvgIpc) is 2.68. The summed E-state index contributed by atoms with van der Waals surface area (Å²) in [6, 6.07) is 0. The van der Waals surface area contributed by atoms with Gasteiger partial charge in [0.05, 0.1) is 24.4 Å². The van der Waals surface area contributed by atoms with Crippen molar-refractivity contribution in [2.24, 2.45) is 23.7 Å². The molecule has 164 valence electrons. The van der Waals surface area contributed by atoms with Crippen molar-refractivity contribution in [3.05, 3.63) is 0 Å². The third-order valence-electron chi connectivity index (χ3n) is 7.41. The number of ether oxygens (including phenoxy) is 2. The number of hydrogen-bond acceptors (Lipinski definition) is 3. The maximum Gasteiger partial charge on any atom is 0.160 e. The molecule has 0 heterocycles. The smallest absolute Gasteiger partial charge is 0.160 e. The molecule has 0 bridgehead atoms. The van der Waals surface area contributed by atoms with Gasteiger partial charge in [-0.2, -0.15) is 0 Å². The Kier molecular flexibility index (Phi) is 8.14. The van der Waals surface area contributed by atoms with E-state index in [2.05, 4.69) is 0 Å². The topological polar surface area (TPSA) is 38.7 Å². The summed E-state index contributed by atoms with van der Waals surface area (Å²) in [5.41, 5.74) is 0. The van der Waals surface area contributed by atoms with E-state index in [1.165, 1.54) is 12.8 Å². The molecule has 5 unspecified atom stereocenters. The van der Waals surface area contributed by atoms with E-state index in [9.17, 15) is 13.9 Å². The maximum atomic E-state index is 14.6. The Bertz CT molecular complexity index is 459. The molecular weight excluding hydrogens is 362 g/mol. The highest BCUT2D eigenvalue weighted by molar-refractivity contribution is 4.94. The van der Waals surface area contributed by atoms with Crippen LogP contribution in [0.4, 0.5) is 8.78 Å². The van der Waals surface area contributed by atoms with Gasteiger partial charge in [-0.25, -0.2) is 8.78 Å². The van der Waals surface area contributed by atoms with Crippen LogP contribution in [0.15, 0.2) is 0 Å². The third-order valence-corrected chi connectivity index (χ3v) is 7.41. The lowest BCUT2D eigenvalue weighted by Gasteiger charge is -2.41. The lowest BCUT2D eigenvalue weighted by molar-refractivity contribution is -0.155. The van der Waals surface area contributed by atoms with Gasteiger partial charge in [-0.1, -0.05) is 6.92 Å². The Labute approximate surface area is 169 Å². The van der Waals surface area contributed by atoms with E-state index in [1.807, 2.05) is 20.8 Å². The lowest BCUT2D eigenvalue weighted by atomic mass is 9.71. The van der Waals surface area contributed by atoms with Gasteiger partial charge in [-0.05, 0) is 95.3 Å². The van der Waals surface area contributed by atoms with Crippen molar-refractivity contribution in [2.75, 3.05) is 6.61 Å². The van der Waals surface area contributed by atoms with E-state index in [0.29, 0.717) is 18.9 Å². The number of alkyl halides is 2. The molecule has 3 aliphatic carbocycles. The zero-order valence-corrected chi connectivity index (χ0v) is 17.9. The highest BCUT2D eigenvalue weighted by atomic mass is 19.2. The molecule has 1 N–H and O–H groups in total. The van der Waals surface area contributed by atoms with Gasteiger partial charge < -0.3 is 14.6 Å². The summed E-state index contributed by atoms with van der Waals surface area (Å²) >= 11 is 0. The van der Waals surface area contributed by atoms with Gasteiger partial charge in [0.15, 0.2) is 12.3 Å². The Hall–Kier alpha value is -0.260. The summed E-state index contributed by atoms with van der Waals surface area (Å²) < 4.78 is 40.7. The molecule has 5 heteroatoms. The van der Waals surface area contributed by atoms with E-state index in [-0.39, 0.29) is 18.1 Å². The summed E-state index contributed by atoms with van der Waals surface area (Å²) in [6.45, 7) is 6.21. The predicted molar refractivity (Wildman–Crippen MR) is 107 cm³/mol. The highest BCUT2D eigenvalue weighted by Crippen LogP contribution is 2.41. The number of aliphatic hydroxyl groups excluding tert-OH is 1. The lowest BCUT2D eigenvalue weighted by Crippen LogP contribution is -2.51. The van der Waals surface area contributed by atoms with E-state index in [4.69, 9.17) is 9.47 Å². The van der Waals surface area contributed by atoms with Gasteiger partial charge in [0.2, 0.25) is 0 Å². The van der Waals surface area contributed by atoms with E-state index >= 15 is 0 Å². The number of halogens is 2. The fraction of sp³-hybridized carbons (Fsp3) is 1.00. The summed E-state index contributed by atoms with van der Waals surface area (Å²) in [5, 5.41) is 9.70. The molecule has 0 radical (unpaired) electrons. The molecule has 28 heavy (non-hydrogen) atoms. The molecule has 0 aromatic carbocycles. The van der Waals surface area contributed by atoms with Crippen molar-refractivity contribution < 1.29 is 23.4 Å². The molecule has 0 spiro atoms. The molecule has 3 rings (SSSR count). The molecule has 0 amide bonds. The van der Waals surface area contributed by atoms with Gasteiger partial charge in [-0.15, -0.1) is 0 Å². The largest absolute Gasteiger partial charge is 0.393 e. The minimum absolute atomic E-state index is 0.0354. The van der Waals surface area contributed by atoms with E-state index < -0.39 is 24.6 Å². The van der Waals surface area contributed by atoms with Crippen molar-refractivity contribution in [3.8, 4) is 0 Å². The fourth-order valence-electron chi connectivity index (χ4n) is 5.67. The molecule has 0 saturated heterocycles. The second-order valence-electron chi connectivity index (χ2n) is 9.97. The van der Waals surface area contributed by atoms with Crippen LogP contribution in [0.1, 0.15) is 78.6 Å². The summed E-state index contributed by atoms with van der Waals surface area (Å²) in [6.07, 6.45) is 4.75. The summed E-state index contributed by atoms with van der Waals surface area (Å²) in [5.74, 6) is 1.98. The van der Waals surface area contributed by atoms with Crippen LogP contribution in [-0.2, 0) is 9.47 Å². The van der Waals surface area contributed by atoms with E-state index in [0.717, 1.165) is 50.4 Å². The molecule has 3 nitrogen and oxygen atoms in total. The van der Waals surface area contributed by atoms with Crippen LogP contribution in [0, 0.1) is 23.7 Å².